The molecule has 2 N–H and O–H groups in total. The Bertz CT molecular complexity index is 283. The summed E-state index contributed by atoms with van der Waals surface area (Å²) in [6.07, 6.45) is 4.23. The molecule has 1 saturated carbocycles. The van der Waals surface area contributed by atoms with Gasteiger partial charge in [0.25, 0.3) is 0 Å². The third kappa shape index (κ3) is 2.80. The molecular weight excluding hydrogens is 216 g/mol. The summed E-state index contributed by atoms with van der Waals surface area (Å²) in [7, 11) is 1.45. The second kappa shape index (κ2) is 5.36. The molecule has 4 nitrogen and oxygen atoms in total. The first-order chi connectivity index (χ1) is 8.11. The van der Waals surface area contributed by atoms with Crippen LogP contribution in [0.15, 0.2) is 0 Å². The van der Waals surface area contributed by atoms with Crippen molar-refractivity contribution < 1.29 is 9.53 Å². The molecule has 0 bridgehead atoms. The van der Waals surface area contributed by atoms with Crippen molar-refractivity contribution in [3.05, 3.63) is 0 Å². The molecule has 2 rings (SSSR count). The minimum absolute atomic E-state index is 0.114. The smallest absolute Gasteiger partial charge is 0.307 e. The molecule has 4 unspecified atom stereocenters. The minimum Gasteiger partial charge on any atom is -0.469 e. The molecule has 0 spiro atoms. The van der Waals surface area contributed by atoms with Gasteiger partial charge in [0, 0.05) is 25.2 Å². The molecule has 2 fully saturated rings. The molecule has 0 amide bonds. The Morgan fingerprint density at radius 3 is 2.88 bits per heavy atom. The number of methoxy groups -OCH3 is 1. The standard InChI is InChI=1S/C13H24N2O2/c1-9(6-13(16)17-2)15-7-10-4-3-5-12(14)11(10)8-15/h9-12H,3-8,14H2,1-2H3. The molecule has 1 aliphatic heterocycles. The van der Waals surface area contributed by atoms with Gasteiger partial charge in [0.2, 0.25) is 0 Å². The number of carbonyl (C=O) groups is 1. The summed E-state index contributed by atoms with van der Waals surface area (Å²) in [5.41, 5.74) is 6.19. The number of nitrogens with zero attached hydrogens (tertiary/aromatic N) is 1. The molecule has 0 aromatic rings. The highest BCUT2D eigenvalue weighted by Gasteiger charge is 2.40. The van der Waals surface area contributed by atoms with E-state index in [2.05, 4.69) is 11.8 Å². The van der Waals surface area contributed by atoms with Crippen LogP contribution in [0.4, 0.5) is 0 Å². The van der Waals surface area contributed by atoms with E-state index in [4.69, 9.17) is 10.5 Å². The summed E-state index contributed by atoms with van der Waals surface area (Å²) in [5, 5.41) is 0. The van der Waals surface area contributed by atoms with Crippen LogP contribution in [-0.4, -0.2) is 43.2 Å². The molecular formula is C13H24N2O2. The highest BCUT2D eigenvalue weighted by molar-refractivity contribution is 5.69. The Kier molecular flexibility index (Phi) is 4.05. The van der Waals surface area contributed by atoms with E-state index in [9.17, 15) is 4.79 Å². The first kappa shape index (κ1) is 12.8. The van der Waals surface area contributed by atoms with Gasteiger partial charge >= 0.3 is 5.97 Å². The normalized spacial score (nSPS) is 35.4. The number of esters is 1. The summed E-state index contributed by atoms with van der Waals surface area (Å²) in [6, 6.07) is 0.643. The Morgan fingerprint density at radius 1 is 1.47 bits per heavy atom. The van der Waals surface area contributed by atoms with Gasteiger partial charge < -0.3 is 10.5 Å². The fourth-order valence-electron chi connectivity index (χ4n) is 3.36. The van der Waals surface area contributed by atoms with E-state index in [0.717, 1.165) is 19.0 Å². The molecule has 1 aliphatic carbocycles. The summed E-state index contributed by atoms with van der Waals surface area (Å²) in [6.45, 7) is 4.28. The van der Waals surface area contributed by atoms with Crippen LogP contribution in [0.5, 0.6) is 0 Å². The zero-order chi connectivity index (χ0) is 12.4. The second-order valence-corrected chi connectivity index (χ2v) is 5.60. The zero-order valence-corrected chi connectivity index (χ0v) is 10.9. The highest BCUT2D eigenvalue weighted by Crippen LogP contribution is 2.36. The fourth-order valence-corrected chi connectivity index (χ4v) is 3.36. The van der Waals surface area contributed by atoms with Crippen LogP contribution < -0.4 is 5.73 Å². The predicted molar refractivity (Wildman–Crippen MR) is 66.5 cm³/mol. The van der Waals surface area contributed by atoms with Crippen LogP contribution in [0.2, 0.25) is 0 Å². The van der Waals surface area contributed by atoms with Crippen molar-refractivity contribution >= 4 is 5.97 Å². The fraction of sp³-hybridized carbons (Fsp3) is 0.923. The van der Waals surface area contributed by atoms with Crippen LogP contribution in [0, 0.1) is 11.8 Å². The molecule has 2 aliphatic rings. The SMILES string of the molecule is COC(=O)CC(C)N1CC2CCCC(N)C2C1. The van der Waals surface area contributed by atoms with Crippen LogP contribution in [0.3, 0.4) is 0 Å². The number of carbonyl (C=O) groups excluding carboxylic acids is 1. The number of nitrogens with two attached hydrogens (primary N) is 1. The predicted octanol–water partition coefficient (Wildman–Crippen LogP) is 0.997. The van der Waals surface area contributed by atoms with Gasteiger partial charge in [-0.05, 0) is 31.6 Å². The lowest BCUT2D eigenvalue weighted by Gasteiger charge is -2.30. The maximum absolute atomic E-state index is 11.3. The highest BCUT2D eigenvalue weighted by atomic mass is 16.5. The Balaban J connectivity index is 1.89. The van der Waals surface area contributed by atoms with E-state index in [0.29, 0.717) is 18.4 Å². The van der Waals surface area contributed by atoms with Crippen LogP contribution in [0.1, 0.15) is 32.6 Å². The second-order valence-electron chi connectivity index (χ2n) is 5.60. The third-order valence-corrected chi connectivity index (χ3v) is 4.50. The van der Waals surface area contributed by atoms with Crippen LogP contribution >= 0.6 is 0 Å². The first-order valence-corrected chi connectivity index (χ1v) is 6.68. The lowest BCUT2D eigenvalue weighted by molar-refractivity contribution is -0.141. The van der Waals surface area contributed by atoms with Crippen molar-refractivity contribution in [2.75, 3.05) is 20.2 Å². The lowest BCUT2D eigenvalue weighted by atomic mass is 9.78. The van der Waals surface area contributed by atoms with Crippen molar-refractivity contribution in [2.24, 2.45) is 17.6 Å². The third-order valence-electron chi connectivity index (χ3n) is 4.50. The van der Waals surface area contributed by atoms with E-state index >= 15 is 0 Å². The Hall–Kier alpha value is -0.610. The molecule has 0 aromatic carbocycles. The van der Waals surface area contributed by atoms with Gasteiger partial charge in [-0.25, -0.2) is 0 Å². The first-order valence-electron chi connectivity index (χ1n) is 6.68. The van der Waals surface area contributed by atoms with Crippen molar-refractivity contribution in [1.82, 2.24) is 4.90 Å². The largest absolute Gasteiger partial charge is 0.469 e. The summed E-state index contributed by atoms with van der Waals surface area (Å²) >= 11 is 0. The Morgan fingerprint density at radius 2 is 2.24 bits per heavy atom. The Labute approximate surface area is 103 Å². The summed E-state index contributed by atoms with van der Waals surface area (Å²) < 4.78 is 4.73. The van der Waals surface area contributed by atoms with E-state index in [1.54, 1.807) is 0 Å². The van der Waals surface area contributed by atoms with Gasteiger partial charge in [0.15, 0.2) is 0 Å². The number of ether oxygens (including phenoxy) is 1. The quantitative estimate of drug-likeness (QED) is 0.748. The van der Waals surface area contributed by atoms with Crippen molar-refractivity contribution in [2.45, 2.75) is 44.7 Å². The summed E-state index contributed by atoms with van der Waals surface area (Å²) in [5.74, 6) is 1.28. The summed E-state index contributed by atoms with van der Waals surface area (Å²) in [4.78, 5) is 13.7. The molecule has 1 saturated heterocycles. The maximum Gasteiger partial charge on any atom is 0.307 e. The zero-order valence-electron chi connectivity index (χ0n) is 10.9. The topological polar surface area (TPSA) is 55.6 Å². The number of hydrogen-bond donors (Lipinski definition) is 1. The van der Waals surface area contributed by atoms with Gasteiger partial charge in [0.05, 0.1) is 13.5 Å². The number of rotatable bonds is 3. The van der Waals surface area contributed by atoms with E-state index in [1.807, 2.05) is 0 Å². The van der Waals surface area contributed by atoms with Crippen molar-refractivity contribution in [3.8, 4) is 0 Å². The average Bonchev–Trinajstić information content (AvgIpc) is 2.74. The number of hydrogen-bond acceptors (Lipinski definition) is 4. The molecule has 0 aromatic heterocycles. The minimum atomic E-state index is -0.114. The van der Waals surface area contributed by atoms with Crippen LogP contribution in [-0.2, 0) is 9.53 Å². The lowest BCUT2D eigenvalue weighted by Crippen LogP contribution is -2.39. The van der Waals surface area contributed by atoms with Gasteiger partial charge in [-0.3, -0.25) is 9.69 Å². The monoisotopic (exact) mass is 240 g/mol. The molecule has 0 radical (unpaired) electrons. The maximum atomic E-state index is 11.3. The van der Waals surface area contributed by atoms with Crippen molar-refractivity contribution in [1.29, 1.82) is 0 Å². The number of fused-ring (bicyclic) bond motifs is 1. The molecule has 98 valence electrons. The van der Waals surface area contributed by atoms with Gasteiger partial charge in [0.1, 0.15) is 0 Å². The molecule has 4 atom stereocenters. The van der Waals surface area contributed by atoms with Gasteiger partial charge in [-0.1, -0.05) is 6.42 Å². The average molecular weight is 240 g/mol. The van der Waals surface area contributed by atoms with Crippen molar-refractivity contribution in [3.63, 3.8) is 0 Å². The molecule has 1 heterocycles. The van der Waals surface area contributed by atoms with Crippen LogP contribution in [0.25, 0.3) is 0 Å². The van der Waals surface area contributed by atoms with Gasteiger partial charge in [-0.2, -0.15) is 0 Å². The number of likely N-dealkylation sites (tertiary alicyclic amines) is 1. The molecule has 4 heteroatoms. The molecule has 17 heavy (non-hydrogen) atoms. The van der Waals surface area contributed by atoms with E-state index in [1.165, 1.54) is 26.4 Å². The van der Waals surface area contributed by atoms with Gasteiger partial charge in [-0.15, -0.1) is 0 Å². The van der Waals surface area contributed by atoms with E-state index in [-0.39, 0.29) is 12.0 Å². The van der Waals surface area contributed by atoms with E-state index < -0.39 is 0 Å².